The molecule has 0 spiro atoms. The van der Waals surface area contributed by atoms with Gasteiger partial charge in [0.1, 0.15) is 13.1 Å². The summed E-state index contributed by atoms with van der Waals surface area (Å²) in [4.78, 5) is 47.5. The summed E-state index contributed by atoms with van der Waals surface area (Å²) in [6, 6.07) is 1.20. The molecule has 0 aliphatic heterocycles. The summed E-state index contributed by atoms with van der Waals surface area (Å²) in [6.45, 7) is 1.61. The minimum Gasteiger partial charge on any atom is -0.468 e. The van der Waals surface area contributed by atoms with Gasteiger partial charge in [-0.05, 0) is 6.92 Å². The van der Waals surface area contributed by atoms with Crippen molar-refractivity contribution in [2.75, 3.05) is 20.2 Å². The first-order valence-corrected chi connectivity index (χ1v) is 6.01. The topological polar surface area (TPSA) is 90.6 Å². The van der Waals surface area contributed by atoms with Gasteiger partial charge in [-0.15, -0.1) is 0 Å². The third kappa shape index (κ3) is 3.56. The normalized spacial score (nSPS) is 10.2. The zero-order valence-electron chi connectivity index (χ0n) is 11.7. The average Bonchev–Trinajstić information content (AvgIpc) is 2.44. The van der Waals surface area contributed by atoms with Gasteiger partial charge >= 0.3 is 11.7 Å². The number of carbonyl (C=O) groups is 2. The van der Waals surface area contributed by atoms with E-state index in [1.165, 1.54) is 31.3 Å². The number of ether oxygens (including phenoxy) is 1. The molecule has 8 nitrogen and oxygen atoms in total. The SMILES string of the molecule is CCN(CC(=O)OC)C(=O)Cn1ccc(=O)n(C)c1=O. The Labute approximate surface area is 115 Å². The van der Waals surface area contributed by atoms with Crippen molar-refractivity contribution in [3.63, 3.8) is 0 Å². The van der Waals surface area contributed by atoms with Crippen LogP contribution in [0.4, 0.5) is 0 Å². The van der Waals surface area contributed by atoms with Gasteiger partial charge in [0.05, 0.1) is 7.11 Å². The van der Waals surface area contributed by atoms with E-state index < -0.39 is 23.1 Å². The molecule has 0 fully saturated rings. The van der Waals surface area contributed by atoms with Crippen LogP contribution >= 0.6 is 0 Å². The molecule has 1 aromatic rings. The molecule has 20 heavy (non-hydrogen) atoms. The van der Waals surface area contributed by atoms with Crippen LogP contribution < -0.4 is 11.2 Å². The van der Waals surface area contributed by atoms with Crippen LogP contribution in [0.3, 0.4) is 0 Å². The highest BCUT2D eigenvalue weighted by Crippen LogP contribution is 1.93. The maximum atomic E-state index is 12.0. The molecule has 1 rings (SSSR count). The summed E-state index contributed by atoms with van der Waals surface area (Å²) in [7, 11) is 2.57. The second-order valence-corrected chi connectivity index (χ2v) is 4.11. The van der Waals surface area contributed by atoms with E-state index in [4.69, 9.17) is 0 Å². The van der Waals surface area contributed by atoms with Gasteiger partial charge < -0.3 is 9.64 Å². The number of carbonyl (C=O) groups excluding carboxylic acids is 2. The quantitative estimate of drug-likeness (QED) is 0.618. The van der Waals surface area contributed by atoms with E-state index in [1.54, 1.807) is 6.92 Å². The molecule has 0 bridgehead atoms. The standard InChI is InChI=1S/C12H17N3O5/c1-4-14(8-11(18)20-3)10(17)7-15-6-5-9(16)13(2)12(15)19/h5-6H,4,7-8H2,1-3H3. The molecule has 0 radical (unpaired) electrons. The molecular formula is C12H17N3O5. The molecular weight excluding hydrogens is 266 g/mol. The lowest BCUT2D eigenvalue weighted by Crippen LogP contribution is -2.43. The first-order chi connectivity index (χ1) is 9.40. The molecule has 0 N–H and O–H groups in total. The number of likely N-dealkylation sites (N-methyl/N-ethyl adjacent to an activating group) is 1. The van der Waals surface area contributed by atoms with Gasteiger partial charge in [0.25, 0.3) is 5.56 Å². The van der Waals surface area contributed by atoms with E-state index in [0.29, 0.717) is 6.54 Å². The minimum atomic E-state index is -0.583. The van der Waals surface area contributed by atoms with Gasteiger partial charge in [-0.1, -0.05) is 0 Å². The number of aromatic nitrogens is 2. The average molecular weight is 283 g/mol. The Morgan fingerprint density at radius 3 is 2.55 bits per heavy atom. The van der Waals surface area contributed by atoms with E-state index in [2.05, 4.69) is 4.74 Å². The van der Waals surface area contributed by atoms with Gasteiger partial charge in [0.2, 0.25) is 5.91 Å². The van der Waals surface area contributed by atoms with E-state index in [1.807, 2.05) is 0 Å². The molecule has 1 aromatic heterocycles. The lowest BCUT2D eigenvalue weighted by Gasteiger charge is -2.19. The molecule has 0 saturated heterocycles. The van der Waals surface area contributed by atoms with Crippen LogP contribution in [0.15, 0.2) is 21.9 Å². The summed E-state index contributed by atoms with van der Waals surface area (Å²) in [5.74, 6) is -0.938. The lowest BCUT2D eigenvalue weighted by atomic mass is 10.4. The van der Waals surface area contributed by atoms with Crippen LogP contribution in [0.1, 0.15) is 6.92 Å². The molecule has 0 atom stereocenters. The van der Waals surface area contributed by atoms with Gasteiger partial charge in [0, 0.05) is 25.9 Å². The molecule has 0 saturated carbocycles. The number of rotatable bonds is 5. The monoisotopic (exact) mass is 283 g/mol. The Balaban J connectivity index is 2.89. The highest BCUT2D eigenvalue weighted by atomic mass is 16.5. The molecule has 8 heteroatoms. The number of hydrogen-bond acceptors (Lipinski definition) is 5. The van der Waals surface area contributed by atoms with Crippen LogP contribution in [-0.4, -0.2) is 46.1 Å². The molecule has 110 valence electrons. The van der Waals surface area contributed by atoms with Crippen molar-refractivity contribution >= 4 is 11.9 Å². The molecule has 0 unspecified atom stereocenters. The van der Waals surface area contributed by atoms with Crippen LogP contribution in [-0.2, 0) is 27.9 Å². The predicted molar refractivity (Wildman–Crippen MR) is 70.2 cm³/mol. The summed E-state index contributed by atoms with van der Waals surface area (Å²) < 4.78 is 6.52. The van der Waals surface area contributed by atoms with Crippen molar-refractivity contribution in [1.82, 2.24) is 14.0 Å². The molecule has 1 heterocycles. The van der Waals surface area contributed by atoms with Crippen molar-refractivity contribution in [3.05, 3.63) is 33.1 Å². The van der Waals surface area contributed by atoms with Crippen molar-refractivity contribution in [2.24, 2.45) is 7.05 Å². The van der Waals surface area contributed by atoms with E-state index in [0.717, 1.165) is 9.13 Å². The van der Waals surface area contributed by atoms with Crippen molar-refractivity contribution in [2.45, 2.75) is 13.5 Å². The number of esters is 1. The van der Waals surface area contributed by atoms with Crippen LogP contribution in [0, 0.1) is 0 Å². The van der Waals surface area contributed by atoms with Crippen molar-refractivity contribution < 1.29 is 14.3 Å². The Morgan fingerprint density at radius 1 is 1.35 bits per heavy atom. The zero-order chi connectivity index (χ0) is 15.3. The van der Waals surface area contributed by atoms with Gasteiger partial charge in [-0.3, -0.25) is 23.5 Å². The fraction of sp³-hybridized carbons (Fsp3) is 0.500. The Morgan fingerprint density at radius 2 is 2.00 bits per heavy atom. The minimum absolute atomic E-state index is 0.174. The van der Waals surface area contributed by atoms with E-state index in [9.17, 15) is 19.2 Å². The van der Waals surface area contributed by atoms with Crippen LogP contribution in [0.25, 0.3) is 0 Å². The maximum absolute atomic E-state index is 12.0. The largest absolute Gasteiger partial charge is 0.468 e. The molecule has 0 aliphatic carbocycles. The summed E-state index contributed by atoms with van der Waals surface area (Å²) in [5, 5.41) is 0. The molecule has 0 aliphatic rings. The predicted octanol–water partition coefficient (Wildman–Crippen LogP) is -1.43. The Kier molecular flexibility index (Phi) is 5.24. The molecule has 0 aromatic carbocycles. The summed E-state index contributed by atoms with van der Waals surface area (Å²) in [6.07, 6.45) is 1.26. The number of amides is 1. The number of nitrogens with zero attached hydrogens (tertiary/aromatic N) is 3. The van der Waals surface area contributed by atoms with Crippen molar-refractivity contribution in [3.8, 4) is 0 Å². The van der Waals surface area contributed by atoms with E-state index >= 15 is 0 Å². The highest BCUT2D eigenvalue weighted by Gasteiger charge is 2.17. The first kappa shape index (κ1) is 15.7. The van der Waals surface area contributed by atoms with Gasteiger partial charge in [-0.25, -0.2) is 4.79 Å². The van der Waals surface area contributed by atoms with Gasteiger partial charge in [0.15, 0.2) is 0 Å². The second kappa shape index (κ2) is 6.69. The van der Waals surface area contributed by atoms with Crippen molar-refractivity contribution in [1.29, 1.82) is 0 Å². The third-order valence-corrected chi connectivity index (χ3v) is 2.85. The first-order valence-electron chi connectivity index (χ1n) is 6.01. The molecule has 1 amide bonds. The number of hydrogen-bond donors (Lipinski definition) is 0. The fourth-order valence-electron chi connectivity index (χ4n) is 1.58. The Bertz CT molecular complexity index is 616. The van der Waals surface area contributed by atoms with Crippen LogP contribution in [0.5, 0.6) is 0 Å². The number of methoxy groups -OCH3 is 1. The second-order valence-electron chi connectivity index (χ2n) is 4.11. The summed E-state index contributed by atoms with van der Waals surface area (Å²) >= 11 is 0. The van der Waals surface area contributed by atoms with Gasteiger partial charge in [-0.2, -0.15) is 0 Å². The summed E-state index contributed by atoms with van der Waals surface area (Å²) in [5.41, 5.74) is -1.03. The smallest absolute Gasteiger partial charge is 0.331 e. The zero-order valence-corrected chi connectivity index (χ0v) is 11.7. The Hall–Kier alpha value is -2.38. The van der Waals surface area contributed by atoms with E-state index in [-0.39, 0.29) is 13.1 Å². The highest BCUT2D eigenvalue weighted by molar-refractivity contribution is 5.81. The lowest BCUT2D eigenvalue weighted by molar-refractivity contribution is -0.147. The van der Waals surface area contributed by atoms with Crippen LogP contribution in [0.2, 0.25) is 0 Å². The maximum Gasteiger partial charge on any atom is 0.331 e. The fourth-order valence-corrected chi connectivity index (χ4v) is 1.58. The third-order valence-electron chi connectivity index (χ3n) is 2.85.